The summed E-state index contributed by atoms with van der Waals surface area (Å²) in [5.74, 6) is -0.656. The first-order chi connectivity index (χ1) is 19.1. The third-order valence-corrected chi connectivity index (χ3v) is 8.43. The van der Waals surface area contributed by atoms with E-state index >= 15 is 8.78 Å². The first-order valence-corrected chi connectivity index (χ1v) is 13.6. The first kappa shape index (κ1) is 24.7. The molecule has 0 aliphatic heterocycles. The van der Waals surface area contributed by atoms with Gasteiger partial charge < -0.3 is 4.42 Å². The second-order valence-electron chi connectivity index (χ2n) is 12.3. The van der Waals surface area contributed by atoms with Crippen molar-refractivity contribution < 1.29 is 13.2 Å². The van der Waals surface area contributed by atoms with Crippen LogP contribution >= 0.6 is 0 Å². The molecule has 2 nitrogen and oxygen atoms in total. The molecule has 0 bridgehead atoms. The smallest absolute Gasteiger partial charge is 0.146 e. The predicted molar refractivity (Wildman–Crippen MR) is 159 cm³/mol. The molecule has 2 heterocycles. The average Bonchev–Trinajstić information content (AvgIpc) is 3.40. The molecule has 0 spiro atoms. The van der Waals surface area contributed by atoms with Gasteiger partial charge in [-0.25, -0.2) is 8.78 Å². The van der Waals surface area contributed by atoms with Crippen LogP contribution in [0.25, 0.3) is 55.4 Å². The molecular formula is C36H29F2NO. The maximum atomic E-state index is 15.6. The highest BCUT2D eigenvalue weighted by Crippen LogP contribution is 2.50. The van der Waals surface area contributed by atoms with Crippen molar-refractivity contribution in [2.24, 2.45) is 0 Å². The molecule has 6 aromatic rings. The minimum absolute atomic E-state index is 0.131. The fourth-order valence-electron chi connectivity index (χ4n) is 6.31. The molecule has 0 amide bonds. The molecule has 0 atom stereocenters. The Kier molecular flexibility index (Phi) is 5.16. The summed E-state index contributed by atoms with van der Waals surface area (Å²) in [6.07, 6.45) is 1.60. The van der Waals surface area contributed by atoms with E-state index in [0.717, 1.165) is 21.9 Å². The van der Waals surface area contributed by atoms with Gasteiger partial charge in [0.25, 0.3) is 0 Å². The molecular weight excluding hydrogens is 500 g/mol. The average molecular weight is 530 g/mol. The summed E-state index contributed by atoms with van der Waals surface area (Å²) in [6, 6.07) is 25.0. The normalized spacial score (nSPS) is 14.1. The molecule has 1 aliphatic rings. The molecule has 4 aromatic carbocycles. The molecule has 0 fully saturated rings. The van der Waals surface area contributed by atoms with Crippen LogP contribution in [-0.4, -0.2) is 4.98 Å². The van der Waals surface area contributed by atoms with Crippen LogP contribution in [0.5, 0.6) is 0 Å². The summed E-state index contributed by atoms with van der Waals surface area (Å²) in [4.78, 5) is 4.59. The molecule has 4 heteroatoms. The molecule has 2 aromatic heterocycles. The molecule has 1 aliphatic carbocycles. The van der Waals surface area contributed by atoms with E-state index in [9.17, 15) is 0 Å². The van der Waals surface area contributed by atoms with E-state index in [1.807, 2.05) is 51.1 Å². The molecule has 0 radical (unpaired) electrons. The van der Waals surface area contributed by atoms with Gasteiger partial charge in [-0.15, -0.1) is 0 Å². The third-order valence-electron chi connectivity index (χ3n) is 8.43. The lowest BCUT2D eigenvalue weighted by atomic mass is 9.82. The van der Waals surface area contributed by atoms with Crippen LogP contribution in [0, 0.1) is 11.6 Å². The molecule has 0 saturated heterocycles. The second-order valence-corrected chi connectivity index (χ2v) is 12.3. The quantitative estimate of drug-likeness (QED) is 0.223. The highest BCUT2D eigenvalue weighted by Gasteiger charge is 2.35. The number of hydrogen-bond donors (Lipinski definition) is 0. The van der Waals surface area contributed by atoms with Gasteiger partial charge in [-0.05, 0) is 57.5 Å². The van der Waals surface area contributed by atoms with Crippen molar-refractivity contribution in [2.75, 3.05) is 0 Å². The van der Waals surface area contributed by atoms with Crippen molar-refractivity contribution in [1.29, 1.82) is 0 Å². The predicted octanol–water partition coefficient (Wildman–Crippen LogP) is 10.2. The van der Waals surface area contributed by atoms with Crippen LogP contribution in [0.15, 0.2) is 89.5 Å². The molecule has 0 N–H and O–H groups in total. The van der Waals surface area contributed by atoms with E-state index in [0.29, 0.717) is 33.6 Å². The van der Waals surface area contributed by atoms with Gasteiger partial charge in [-0.2, -0.15) is 0 Å². The number of rotatable bonds is 2. The van der Waals surface area contributed by atoms with E-state index in [-0.39, 0.29) is 22.5 Å². The monoisotopic (exact) mass is 529 g/mol. The summed E-state index contributed by atoms with van der Waals surface area (Å²) in [6.45, 7) is 10.3. The number of nitrogens with zero attached hydrogens (tertiary/aromatic N) is 1. The molecule has 0 saturated carbocycles. The minimum Gasteiger partial charge on any atom is -0.455 e. The van der Waals surface area contributed by atoms with E-state index in [4.69, 9.17) is 4.42 Å². The van der Waals surface area contributed by atoms with E-state index in [2.05, 4.69) is 49.2 Å². The van der Waals surface area contributed by atoms with Crippen molar-refractivity contribution in [3.63, 3.8) is 0 Å². The van der Waals surface area contributed by atoms with Gasteiger partial charge in [-0.1, -0.05) is 83.1 Å². The number of hydrogen-bond acceptors (Lipinski definition) is 2. The summed E-state index contributed by atoms with van der Waals surface area (Å²) >= 11 is 0. The zero-order valence-electron chi connectivity index (χ0n) is 23.2. The Morgan fingerprint density at radius 3 is 2.20 bits per heavy atom. The van der Waals surface area contributed by atoms with Gasteiger partial charge in [-0.3, -0.25) is 4.98 Å². The van der Waals surface area contributed by atoms with Crippen LogP contribution in [0.4, 0.5) is 8.78 Å². The fourth-order valence-corrected chi connectivity index (χ4v) is 6.31. The van der Waals surface area contributed by atoms with Crippen molar-refractivity contribution in [2.45, 2.75) is 45.4 Å². The summed E-state index contributed by atoms with van der Waals surface area (Å²) in [5.41, 5.74) is 8.22. The topological polar surface area (TPSA) is 26.0 Å². The lowest BCUT2D eigenvalue weighted by molar-refractivity contribution is 0.520. The van der Waals surface area contributed by atoms with Crippen molar-refractivity contribution in [3.8, 4) is 33.5 Å². The van der Waals surface area contributed by atoms with Crippen LogP contribution in [-0.2, 0) is 10.8 Å². The van der Waals surface area contributed by atoms with Crippen LogP contribution in [0.3, 0.4) is 0 Å². The maximum Gasteiger partial charge on any atom is 0.146 e. The van der Waals surface area contributed by atoms with Gasteiger partial charge >= 0.3 is 0 Å². The first-order valence-electron chi connectivity index (χ1n) is 13.6. The van der Waals surface area contributed by atoms with Gasteiger partial charge in [0.05, 0.1) is 11.3 Å². The van der Waals surface area contributed by atoms with Crippen LogP contribution in [0.1, 0.15) is 51.3 Å². The largest absolute Gasteiger partial charge is 0.455 e. The number of pyridine rings is 1. The Labute approximate surface area is 232 Å². The summed E-state index contributed by atoms with van der Waals surface area (Å²) in [7, 11) is 0. The highest BCUT2D eigenvalue weighted by molar-refractivity contribution is 6.13. The molecule has 40 heavy (non-hydrogen) atoms. The van der Waals surface area contributed by atoms with Gasteiger partial charge in [0.1, 0.15) is 22.8 Å². The SMILES string of the molecule is CC(C)(C)c1cnc(-c2cccc3c2oc2c(-c4ccc5c(c4)-c4ccccc4C5(C)C)c(F)ccc23)cc1F. The zero-order valence-corrected chi connectivity index (χ0v) is 23.2. The van der Waals surface area contributed by atoms with E-state index in [1.54, 1.807) is 12.3 Å². The molecule has 198 valence electrons. The Balaban J connectivity index is 1.44. The van der Waals surface area contributed by atoms with E-state index < -0.39 is 0 Å². The molecule has 7 rings (SSSR count). The zero-order chi connectivity index (χ0) is 28.0. The van der Waals surface area contributed by atoms with Gasteiger partial charge in [0.15, 0.2) is 0 Å². The number of aromatic nitrogens is 1. The number of furan rings is 1. The van der Waals surface area contributed by atoms with Crippen molar-refractivity contribution in [1.82, 2.24) is 4.98 Å². The minimum atomic E-state index is -0.362. The molecule has 0 unspecified atom stereocenters. The highest BCUT2D eigenvalue weighted by atomic mass is 19.1. The summed E-state index contributed by atoms with van der Waals surface area (Å²) < 4.78 is 37.2. The number of fused-ring (bicyclic) bond motifs is 6. The Bertz CT molecular complexity index is 1990. The number of halogens is 2. The Morgan fingerprint density at radius 2 is 1.43 bits per heavy atom. The third kappa shape index (κ3) is 3.48. The lowest BCUT2D eigenvalue weighted by Crippen LogP contribution is -2.14. The summed E-state index contributed by atoms with van der Waals surface area (Å²) in [5, 5.41) is 1.64. The second kappa shape index (κ2) is 8.34. The van der Waals surface area contributed by atoms with Gasteiger partial charge in [0.2, 0.25) is 0 Å². The van der Waals surface area contributed by atoms with Crippen LogP contribution in [0.2, 0.25) is 0 Å². The van der Waals surface area contributed by atoms with Gasteiger partial charge in [0, 0.05) is 39.6 Å². The standard InChI is InChI=1S/C36H29F2NO/c1-35(2,3)28-19-39-31(18-30(28)38)24-11-8-10-22-23-14-16-29(37)32(34(23)40-33(22)24)20-13-15-27-25(17-20)21-9-6-7-12-26(21)36(27,4)5/h6-19H,1-5H3. The fraction of sp³-hybridized carbons (Fsp3) is 0.194. The lowest BCUT2D eigenvalue weighted by Gasteiger charge is -2.21. The maximum absolute atomic E-state index is 15.6. The number of para-hydroxylation sites is 1. The van der Waals surface area contributed by atoms with E-state index in [1.165, 1.54) is 28.8 Å². The Morgan fingerprint density at radius 1 is 0.700 bits per heavy atom. The van der Waals surface area contributed by atoms with Crippen molar-refractivity contribution >= 4 is 21.9 Å². The number of benzene rings is 4. The Hall–Kier alpha value is -4.31. The van der Waals surface area contributed by atoms with Crippen LogP contribution < -0.4 is 0 Å². The van der Waals surface area contributed by atoms with Crippen molar-refractivity contribution in [3.05, 3.63) is 113 Å².